The van der Waals surface area contributed by atoms with E-state index in [1.54, 1.807) is 37.2 Å². The van der Waals surface area contributed by atoms with E-state index in [9.17, 15) is 9.18 Å². The minimum absolute atomic E-state index is 0.0135. The Morgan fingerprint density at radius 2 is 2.26 bits per heavy atom. The molecule has 8 nitrogen and oxygen atoms in total. The minimum Gasteiger partial charge on any atom is -0.393 e. The summed E-state index contributed by atoms with van der Waals surface area (Å²) in [4.78, 5) is 13.7. The molecule has 0 saturated carbocycles. The number of aromatic nitrogens is 2. The van der Waals surface area contributed by atoms with E-state index in [0.29, 0.717) is 55.4 Å². The highest BCUT2D eigenvalue weighted by Gasteiger charge is 2.30. The number of carbonyl (C=O) groups is 1. The first-order valence-corrected chi connectivity index (χ1v) is 10.4. The molecule has 31 heavy (non-hydrogen) atoms. The number of allylic oxidation sites excluding steroid dienone is 1. The van der Waals surface area contributed by atoms with Crippen LogP contribution in [-0.2, 0) is 22.5 Å². The number of fused-ring (bicyclic) bond motifs is 1. The van der Waals surface area contributed by atoms with Crippen molar-refractivity contribution < 1.29 is 13.9 Å². The van der Waals surface area contributed by atoms with Crippen LogP contribution in [0.1, 0.15) is 36.2 Å². The van der Waals surface area contributed by atoms with Gasteiger partial charge in [-0.3, -0.25) is 9.48 Å². The third-order valence-electron chi connectivity index (χ3n) is 5.79. The van der Waals surface area contributed by atoms with Crippen LogP contribution in [0.4, 0.5) is 15.9 Å². The largest absolute Gasteiger partial charge is 0.393 e. The first-order valence-electron chi connectivity index (χ1n) is 10.4. The van der Waals surface area contributed by atoms with Gasteiger partial charge in [0.1, 0.15) is 5.82 Å². The molecular weight excluding hydrogens is 399 g/mol. The number of halogens is 1. The second-order valence-electron chi connectivity index (χ2n) is 7.78. The molecule has 0 bridgehead atoms. The number of carbonyl (C=O) groups excluding carboxylic acids is 1. The maximum atomic E-state index is 14.9. The summed E-state index contributed by atoms with van der Waals surface area (Å²) in [5.74, 6) is 0.144. The molecule has 1 fully saturated rings. The van der Waals surface area contributed by atoms with Crippen molar-refractivity contribution in [2.24, 2.45) is 0 Å². The molecule has 3 N–H and O–H groups in total. The van der Waals surface area contributed by atoms with Crippen LogP contribution < -0.4 is 10.6 Å². The molecule has 4 rings (SSSR count). The van der Waals surface area contributed by atoms with Crippen molar-refractivity contribution in [1.82, 2.24) is 20.0 Å². The monoisotopic (exact) mass is 426 g/mol. The number of benzene rings is 1. The molecule has 2 aliphatic heterocycles. The fraction of sp³-hybridized carbons (Fsp3) is 0.409. The molecule has 2 aliphatic rings. The van der Waals surface area contributed by atoms with Crippen LogP contribution >= 0.6 is 0 Å². The van der Waals surface area contributed by atoms with Gasteiger partial charge < -0.3 is 25.7 Å². The maximum absolute atomic E-state index is 14.9. The number of rotatable bonds is 6. The Morgan fingerprint density at radius 3 is 2.90 bits per heavy atom. The number of amides is 1. The van der Waals surface area contributed by atoms with Crippen molar-refractivity contribution in [3.8, 4) is 0 Å². The van der Waals surface area contributed by atoms with E-state index in [1.165, 1.54) is 12.3 Å². The SMILES string of the molecule is CN/C=C(\C=N)c1ccc(Nc2nn(C3CCOC3)c3c2CN(C(C)=O)CC3)c(F)c1. The molecule has 0 radical (unpaired) electrons. The molecule has 0 spiro atoms. The number of nitrogens with zero attached hydrogens (tertiary/aromatic N) is 3. The van der Waals surface area contributed by atoms with Gasteiger partial charge >= 0.3 is 0 Å². The van der Waals surface area contributed by atoms with Crippen molar-refractivity contribution >= 4 is 29.2 Å². The molecular formula is C22H27FN6O2. The summed E-state index contributed by atoms with van der Waals surface area (Å²) in [5.41, 5.74) is 3.48. The van der Waals surface area contributed by atoms with Crippen LogP contribution in [0.3, 0.4) is 0 Å². The van der Waals surface area contributed by atoms with Gasteiger partial charge in [0.05, 0.1) is 24.9 Å². The summed E-state index contributed by atoms with van der Waals surface area (Å²) >= 11 is 0. The number of nitrogens with one attached hydrogen (secondary N) is 3. The van der Waals surface area contributed by atoms with Gasteiger partial charge in [0.2, 0.25) is 5.91 Å². The molecule has 1 aromatic heterocycles. The normalized spacial score (nSPS) is 18.6. The summed E-state index contributed by atoms with van der Waals surface area (Å²) in [6, 6.07) is 4.96. The first kappa shape index (κ1) is 21.0. The Balaban J connectivity index is 1.67. The maximum Gasteiger partial charge on any atom is 0.219 e. The van der Waals surface area contributed by atoms with Gasteiger partial charge in [0, 0.05) is 62.8 Å². The number of ether oxygens (including phenoxy) is 1. The Labute approximate surface area is 180 Å². The Bertz CT molecular complexity index is 1030. The van der Waals surface area contributed by atoms with E-state index in [-0.39, 0.29) is 11.9 Å². The van der Waals surface area contributed by atoms with Crippen LogP contribution in [0, 0.1) is 11.2 Å². The summed E-state index contributed by atoms with van der Waals surface area (Å²) in [7, 11) is 1.73. The molecule has 0 aliphatic carbocycles. The lowest BCUT2D eigenvalue weighted by atomic mass is 10.1. The van der Waals surface area contributed by atoms with Crippen LogP contribution in [0.2, 0.25) is 0 Å². The molecule has 3 heterocycles. The summed E-state index contributed by atoms with van der Waals surface area (Å²) < 4.78 is 22.5. The molecule has 1 atom stereocenters. The molecule has 9 heteroatoms. The molecule has 1 amide bonds. The standard InChI is InChI=1S/C22H27FN6O2/c1-14(30)28-7-5-21-18(12-28)22(27-29(21)17-6-8-31-13-17)26-20-4-3-15(9-19(20)23)16(10-24)11-25-2/h3-4,9-11,17,24-25H,5-8,12-13H2,1-2H3,(H,26,27)/b16-11+,24-10?. The quantitative estimate of drug-likeness (QED) is 0.618. The van der Waals surface area contributed by atoms with E-state index in [1.807, 2.05) is 4.68 Å². The van der Waals surface area contributed by atoms with Gasteiger partial charge in [0.15, 0.2) is 5.82 Å². The average molecular weight is 426 g/mol. The fourth-order valence-corrected chi connectivity index (χ4v) is 4.12. The number of anilines is 2. The molecule has 1 aromatic carbocycles. The smallest absolute Gasteiger partial charge is 0.219 e. The predicted octanol–water partition coefficient (Wildman–Crippen LogP) is 2.84. The zero-order valence-corrected chi connectivity index (χ0v) is 17.7. The highest BCUT2D eigenvalue weighted by Crippen LogP contribution is 2.33. The van der Waals surface area contributed by atoms with Crippen molar-refractivity contribution in [3.05, 3.63) is 47.0 Å². The van der Waals surface area contributed by atoms with Crippen molar-refractivity contribution in [2.75, 3.05) is 32.1 Å². The third kappa shape index (κ3) is 4.18. The van der Waals surface area contributed by atoms with Crippen molar-refractivity contribution in [1.29, 1.82) is 5.41 Å². The predicted molar refractivity (Wildman–Crippen MR) is 117 cm³/mol. The molecule has 164 valence electrons. The van der Waals surface area contributed by atoms with Gasteiger partial charge in [-0.05, 0) is 24.1 Å². The highest BCUT2D eigenvalue weighted by molar-refractivity contribution is 6.08. The van der Waals surface area contributed by atoms with Crippen LogP contribution in [0.25, 0.3) is 5.57 Å². The van der Waals surface area contributed by atoms with Gasteiger partial charge in [-0.1, -0.05) is 6.07 Å². The van der Waals surface area contributed by atoms with E-state index in [4.69, 9.17) is 15.2 Å². The Kier molecular flexibility index (Phi) is 6.03. The first-order chi connectivity index (χ1) is 15.0. The number of hydrogen-bond donors (Lipinski definition) is 3. The Hall–Kier alpha value is -3.20. The van der Waals surface area contributed by atoms with Crippen LogP contribution in [-0.4, -0.2) is 53.6 Å². The van der Waals surface area contributed by atoms with Crippen molar-refractivity contribution in [3.63, 3.8) is 0 Å². The van der Waals surface area contributed by atoms with E-state index in [2.05, 4.69) is 10.6 Å². The fourth-order valence-electron chi connectivity index (χ4n) is 4.12. The lowest BCUT2D eigenvalue weighted by Gasteiger charge is -2.27. The van der Waals surface area contributed by atoms with Gasteiger partial charge in [-0.25, -0.2) is 4.39 Å². The van der Waals surface area contributed by atoms with E-state index in [0.717, 1.165) is 17.7 Å². The summed E-state index contributed by atoms with van der Waals surface area (Å²) in [6.07, 6.45) is 4.42. The lowest BCUT2D eigenvalue weighted by molar-refractivity contribution is -0.129. The lowest BCUT2D eigenvalue weighted by Crippen LogP contribution is -2.35. The third-order valence-corrected chi connectivity index (χ3v) is 5.79. The topological polar surface area (TPSA) is 95.3 Å². The summed E-state index contributed by atoms with van der Waals surface area (Å²) in [5, 5.41) is 18.3. The van der Waals surface area contributed by atoms with Gasteiger partial charge in [0.25, 0.3) is 0 Å². The van der Waals surface area contributed by atoms with E-state index >= 15 is 0 Å². The minimum atomic E-state index is -0.437. The van der Waals surface area contributed by atoms with Crippen LogP contribution in [0.5, 0.6) is 0 Å². The average Bonchev–Trinajstić information content (AvgIpc) is 3.41. The van der Waals surface area contributed by atoms with Gasteiger partial charge in [-0.15, -0.1) is 0 Å². The summed E-state index contributed by atoms with van der Waals surface area (Å²) in [6.45, 7) is 3.97. The second-order valence-corrected chi connectivity index (χ2v) is 7.78. The Morgan fingerprint density at radius 1 is 1.42 bits per heavy atom. The molecule has 2 aromatic rings. The molecule has 1 saturated heterocycles. The van der Waals surface area contributed by atoms with E-state index < -0.39 is 5.82 Å². The zero-order chi connectivity index (χ0) is 22.0. The highest BCUT2D eigenvalue weighted by atomic mass is 19.1. The number of hydrogen-bond acceptors (Lipinski definition) is 6. The van der Waals surface area contributed by atoms with Crippen molar-refractivity contribution in [2.45, 2.75) is 32.4 Å². The van der Waals surface area contributed by atoms with Crippen LogP contribution in [0.15, 0.2) is 24.4 Å². The molecule has 1 unspecified atom stereocenters. The second kappa shape index (κ2) is 8.89. The van der Waals surface area contributed by atoms with Gasteiger partial charge in [-0.2, -0.15) is 5.10 Å². The zero-order valence-electron chi connectivity index (χ0n) is 17.7.